The maximum Gasteiger partial charge on any atom is 0.259 e. The zero-order valence-corrected chi connectivity index (χ0v) is 22.9. The summed E-state index contributed by atoms with van der Waals surface area (Å²) in [5, 5.41) is 6.50. The van der Waals surface area contributed by atoms with Crippen LogP contribution in [-0.4, -0.2) is 54.2 Å². The third-order valence-corrected chi connectivity index (χ3v) is 9.82. The van der Waals surface area contributed by atoms with Gasteiger partial charge in [-0.25, -0.2) is 18.4 Å². The second-order valence-electron chi connectivity index (χ2n) is 10.6. The standard InChI is InChI=1S/C29H32N6O3S/c1-18(2)39(37,38)23-8-5-20(6-9-23)25-15-32-28-27(34-25)26(16-33-28)35-17-21-12-22(7-10-24(21)29(35)36)31-14-19-4-3-11-30-13-19/h5-10,12,15-16,18-19,30-31H,3-4,11,13-14,17H2,1-2H3,(H,32,33). The highest BCUT2D eigenvalue weighted by Gasteiger charge is 2.31. The summed E-state index contributed by atoms with van der Waals surface area (Å²) in [4.78, 5) is 27.9. The van der Waals surface area contributed by atoms with Gasteiger partial charge in [-0.2, -0.15) is 0 Å². The van der Waals surface area contributed by atoms with E-state index in [1.165, 1.54) is 12.8 Å². The lowest BCUT2D eigenvalue weighted by Gasteiger charge is -2.23. The molecule has 0 bridgehead atoms. The molecular formula is C29H32N6O3S. The van der Waals surface area contributed by atoms with Crippen molar-refractivity contribution in [2.45, 2.75) is 43.4 Å². The zero-order chi connectivity index (χ0) is 27.1. The Morgan fingerprint density at radius 1 is 1.15 bits per heavy atom. The molecule has 2 aromatic carbocycles. The average molecular weight is 545 g/mol. The van der Waals surface area contributed by atoms with Crippen molar-refractivity contribution in [3.8, 4) is 11.3 Å². The fourth-order valence-corrected chi connectivity index (χ4v) is 6.36. The van der Waals surface area contributed by atoms with Crippen LogP contribution in [0.5, 0.6) is 0 Å². The van der Waals surface area contributed by atoms with Crippen LogP contribution in [0.4, 0.5) is 11.4 Å². The van der Waals surface area contributed by atoms with Gasteiger partial charge < -0.3 is 20.5 Å². The first-order valence-electron chi connectivity index (χ1n) is 13.4. The minimum Gasteiger partial charge on any atom is -0.385 e. The van der Waals surface area contributed by atoms with E-state index in [9.17, 15) is 13.2 Å². The number of benzene rings is 2. The van der Waals surface area contributed by atoms with Crippen LogP contribution in [0.1, 0.15) is 42.6 Å². The molecule has 0 spiro atoms. The highest BCUT2D eigenvalue weighted by atomic mass is 32.2. The second kappa shape index (κ2) is 10.1. The van der Waals surface area contributed by atoms with Crippen LogP contribution in [-0.2, 0) is 16.4 Å². The van der Waals surface area contributed by atoms with Crippen molar-refractivity contribution >= 4 is 38.3 Å². The maximum atomic E-state index is 13.4. The number of hydrogen-bond donors (Lipinski definition) is 3. The summed E-state index contributed by atoms with van der Waals surface area (Å²) in [6.45, 7) is 6.84. The number of aromatic nitrogens is 3. The lowest BCUT2D eigenvalue weighted by Crippen LogP contribution is -2.33. The van der Waals surface area contributed by atoms with Gasteiger partial charge in [-0.3, -0.25) is 4.79 Å². The molecule has 0 saturated carbocycles. The molecule has 1 saturated heterocycles. The summed E-state index contributed by atoms with van der Waals surface area (Å²) in [6.07, 6.45) is 5.85. The summed E-state index contributed by atoms with van der Waals surface area (Å²) in [7, 11) is -3.36. The summed E-state index contributed by atoms with van der Waals surface area (Å²) in [6, 6.07) is 12.6. The minimum absolute atomic E-state index is 0.0654. The Labute approximate surface area is 228 Å². The Balaban J connectivity index is 1.24. The first-order chi connectivity index (χ1) is 18.8. The van der Waals surface area contributed by atoms with Gasteiger partial charge >= 0.3 is 0 Å². The van der Waals surface area contributed by atoms with Crippen LogP contribution >= 0.6 is 0 Å². The number of fused-ring (bicyclic) bond motifs is 2. The van der Waals surface area contributed by atoms with Gasteiger partial charge in [0.1, 0.15) is 5.52 Å². The third-order valence-electron chi connectivity index (χ3n) is 7.65. The normalized spacial score (nSPS) is 17.7. The lowest BCUT2D eigenvalue weighted by molar-refractivity contribution is 0.0997. The molecule has 6 rings (SSSR count). The van der Waals surface area contributed by atoms with Crippen molar-refractivity contribution < 1.29 is 13.2 Å². The smallest absolute Gasteiger partial charge is 0.259 e. The lowest BCUT2D eigenvalue weighted by atomic mass is 9.99. The molecule has 1 unspecified atom stereocenters. The predicted molar refractivity (Wildman–Crippen MR) is 153 cm³/mol. The number of nitrogens with zero attached hydrogens (tertiary/aromatic N) is 3. The van der Waals surface area contributed by atoms with Crippen LogP contribution in [0.25, 0.3) is 22.4 Å². The van der Waals surface area contributed by atoms with Gasteiger partial charge in [0.2, 0.25) is 0 Å². The van der Waals surface area contributed by atoms with E-state index >= 15 is 0 Å². The topological polar surface area (TPSA) is 120 Å². The Kier molecular flexibility index (Phi) is 6.60. The monoisotopic (exact) mass is 544 g/mol. The number of hydrogen-bond acceptors (Lipinski definition) is 7. The fourth-order valence-electron chi connectivity index (χ4n) is 5.30. The number of carbonyl (C=O) groups is 1. The van der Waals surface area contributed by atoms with E-state index < -0.39 is 15.1 Å². The Morgan fingerprint density at radius 3 is 2.72 bits per heavy atom. The van der Waals surface area contributed by atoms with Gasteiger partial charge in [0, 0.05) is 29.6 Å². The van der Waals surface area contributed by atoms with E-state index in [-0.39, 0.29) is 10.8 Å². The Hall–Kier alpha value is -3.76. The van der Waals surface area contributed by atoms with E-state index in [0.717, 1.165) is 36.4 Å². The Morgan fingerprint density at radius 2 is 1.97 bits per heavy atom. The quantitative estimate of drug-likeness (QED) is 0.316. The molecule has 202 valence electrons. The number of anilines is 2. The highest BCUT2D eigenvalue weighted by Crippen LogP contribution is 2.34. The number of amides is 1. The summed E-state index contributed by atoms with van der Waals surface area (Å²) >= 11 is 0. The van der Waals surface area contributed by atoms with Crippen molar-refractivity contribution in [3.05, 3.63) is 66.0 Å². The average Bonchev–Trinajstić information content (AvgIpc) is 3.52. The predicted octanol–water partition coefficient (Wildman–Crippen LogP) is 4.38. The Bertz CT molecular complexity index is 1640. The maximum absolute atomic E-state index is 13.4. The number of H-pyrrole nitrogens is 1. The van der Waals surface area contributed by atoms with Gasteiger partial charge in [0.05, 0.1) is 34.3 Å². The van der Waals surface area contributed by atoms with E-state index in [1.807, 2.05) is 12.1 Å². The van der Waals surface area contributed by atoms with Gasteiger partial charge in [0.25, 0.3) is 5.91 Å². The minimum atomic E-state index is -3.36. The molecule has 4 heterocycles. The molecule has 2 aliphatic rings. The molecule has 0 radical (unpaired) electrons. The molecule has 3 N–H and O–H groups in total. The summed E-state index contributed by atoms with van der Waals surface area (Å²) in [5.41, 5.74) is 5.90. The zero-order valence-electron chi connectivity index (χ0n) is 22.1. The number of nitrogens with one attached hydrogen (secondary N) is 3. The molecule has 10 heteroatoms. The molecule has 1 atom stereocenters. The van der Waals surface area contributed by atoms with Crippen molar-refractivity contribution in [1.82, 2.24) is 20.3 Å². The summed E-state index contributed by atoms with van der Waals surface area (Å²) in [5.74, 6) is 0.546. The number of rotatable bonds is 7. The van der Waals surface area contributed by atoms with E-state index in [2.05, 4.69) is 26.7 Å². The molecule has 1 fully saturated rings. The van der Waals surface area contributed by atoms with Gasteiger partial charge in [-0.1, -0.05) is 12.1 Å². The first-order valence-corrected chi connectivity index (χ1v) is 14.9. The van der Waals surface area contributed by atoms with Crippen LogP contribution in [0.3, 0.4) is 0 Å². The van der Waals surface area contributed by atoms with Gasteiger partial charge in [0.15, 0.2) is 15.5 Å². The number of sulfone groups is 1. The van der Waals surface area contributed by atoms with Crippen molar-refractivity contribution in [1.29, 1.82) is 0 Å². The molecular weight excluding hydrogens is 512 g/mol. The van der Waals surface area contributed by atoms with Crippen LogP contribution in [0.15, 0.2) is 59.8 Å². The van der Waals surface area contributed by atoms with Gasteiger partial charge in [-0.05, 0) is 81.6 Å². The molecule has 39 heavy (non-hydrogen) atoms. The largest absolute Gasteiger partial charge is 0.385 e. The SMILES string of the molecule is CC(C)S(=O)(=O)c1ccc(-c2cnc3[nH]cc(N4Cc5cc(NCC6CCCNC6)ccc5C4=O)c3n2)cc1. The molecule has 1 amide bonds. The van der Waals surface area contributed by atoms with Crippen molar-refractivity contribution in [3.63, 3.8) is 0 Å². The van der Waals surface area contributed by atoms with E-state index in [1.54, 1.807) is 55.4 Å². The van der Waals surface area contributed by atoms with Gasteiger partial charge in [-0.15, -0.1) is 0 Å². The molecule has 9 nitrogen and oxygen atoms in total. The molecule has 2 aromatic heterocycles. The second-order valence-corrected chi connectivity index (χ2v) is 13.1. The molecule has 4 aromatic rings. The third kappa shape index (κ3) is 4.79. The van der Waals surface area contributed by atoms with E-state index in [4.69, 9.17) is 4.98 Å². The van der Waals surface area contributed by atoms with Crippen molar-refractivity contribution in [2.75, 3.05) is 29.9 Å². The highest BCUT2D eigenvalue weighted by molar-refractivity contribution is 7.92. The molecule has 0 aliphatic carbocycles. The fraction of sp³-hybridized carbons (Fsp3) is 0.345. The number of carbonyl (C=O) groups excluding carboxylic acids is 1. The van der Waals surface area contributed by atoms with E-state index in [0.29, 0.717) is 40.6 Å². The summed E-state index contributed by atoms with van der Waals surface area (Å²) < 4.78 is 25.0. The first kappa shape index (κ1) is 25.5. The number of aromatic amines is 1. The van der Waals surface area contributed by atoms with Crippen LogP contribution in [0.2, 0.25) is 0 Å². The van der Waals surface area contributed by atoms with Crippen molar-refractivity contribution in [2.24, 2.45) is 5.92 Å². The number of piperidine rings is 1. The van der Waals surface area contributed by atoms with Crippen LogP contribution in [0, 0.1) is 5.92 Å². The molecule has 2 aliphatic heterocycles. The van der Waals surface area contributed by atoms with Crippen LogP contribution < -0.4 is 15.5 Å².